The van der Waals surface area contributed by atoms with Crippen LogP contribution in [0.25, 0.3) is 10.2 Å². The Kier molecular flexibility index (Phi) is 6.56. The highest BCUT2D eigenvalue weighted by molar-refractivity contribution is 7.18. The standard InChI is InChI=1S/C25H28N2O3S/c1-27(15-14-17-12-13-21(29-2)22(16-17)30-3)25(28)19-9-5-4-8-18(19)24-26-20-10-6-7-11-23(20)31-24/h4-7,10-13,16,18-19H,8-9,14-15H2,1-3H3/t18-,19+/m0/s1. The second-order valence-electron chi connectivity index (χ2n) is 7.87. The van der Waals surface area contributed by atoms with Crippen molar-refractivity contribution in [3.8, 4) is 11.5 Å². The molecular weight excluding hydrogens is 408 g/mol. The Morgan fingerprint density at radius 1 is 1.10 bits per heavy atom. The molecule has 0 unspecified atom stereocenters. The third kappa shape index (κ3) is 4.59. The molecule has 0 radical (unpaired) electrons. The molecule has 0 spiro atoms. The van der Waals surface area contributed by atoms with Gasteiger partial charge in [-0.3, -0.25) is 4.79 Å². The van der Waals surface area contributed by atoms with Crippen molar-refractivity contribution in [1.82, 2.24) is 9.88 Å². The van der Waals surface area contributed by atoms with Crippen LogP contribution in [-0.2, 0) is 11.2 Å². The van der Waals surface area contributed by atoms with E-state index in [0.717, 1.165) is 35.4 Å². The quantitative estimate of drug-likeness (QED) is 0.486. The molecule has 5 nitrogen and oxygen atoms in total. The second kappa shape index (κ2) is 9.52. The maximum atomic E-state index is 13.4. The molecule has 0 bridgehead atoms. The lowest BCUT2D eigenvalue weighted by Crippen LogP contribution is -2.37. The van der Waals surface area contributed by atoms with Crippen LogP contribution in [0.4, 0.5) is 0 Å². The van der Waals surface area contributed by atoms with E-state index < -0.39 is 0 Å². The number of fused-ring (bicyclic) bond motifs is 1. The number of aromatic nitrogens is 1. The number of para-hydroxylation sites is 1. The number of likely N-dealkylation sites (N-methyl/N-ethyl adjacent to an activating group) is 1. The second-order valence-corrected chi connectivity index (χ2v) is 8.94. The van der Waals surface area contributed by atoms with Crippen molar-refractivity contribution in [2.45, 2.75) is 25.2 Å². The van der Waals surface area contributed by atoms with Gasteiger partial charge < -0.3 is 14.4 Å². The molecule has 6 heteroatoms. The topological polar surface area (TPSA) is 51.7 Å². The first kappa shape index (κ1) is 21.4. The van der Waals surface area contributed by atoms with Crippen molar-refractivity contribution in [3.05, 3.63) is 65.2 Å². The predicted molar refractivity (Wildman–Crippen MR) is 125 cm³/mol. The maximum Gasteiger partial charge on any atom is 0.226 e. The van der Waals surface area contributed by atoms with E-state index in [4.69, 9.17) is 14.5 Å². The molecule has 0 N–H and O–H groups in total. The van der Waals surface area contributed by atoms with Crippen molar-refractivity contribution in [2.75, 3.05) is 27.8 Å². The normalized spacial score (nSPS) is 18.2. The number of thiazole rings is 1. The minimum atomic E-state index is -0.0686. The Morgan fingerprint density at radius 2 is 1.87 bits per heavy atom. The summed E-state index contributed by atoms with van der Waals surface area (Å²) in [6.45, 7) is 0.654. The number of methoxy groups -OCH3 is 2. The molecule has 31 heavy (non-hydrogen) atoms. The summed E-state index contributed by atoms with van der Waals surface area (Å²) < 4.78 is 11.9. The van der Waals surface area contributed by atoms with Gasteiger partial charge in [-0.05, 0) is 49.1 Å². The lowest BCUT2D eigenvalue weighted by Gasteiger charge is -2.30. The molecule has 4 rings (SSSR count). The molecule has 3 aromatic rings. The molecule has 162 valence electrons. The number of carbonyl (C=O) groups is 1. The van der Waals surface area contributed by atoms with Gasteiger partial charge in [-0.1, -0.05) is 30.4 Å². The van der Waals surface area contributed by atoms with Crippen LogP contribution in [-0.4, -0.2) is 43.6 Å². The van der Waals surface area contributed by atoms with Crippen LogP contribution in [0.3, 0.4) is 0 Å². The van der Waals surface area contributed by atoms with Crippen molar-refractivity contribution in [2.24, 2.45) is 5.92 Å². The van der Waals surface area contributed by atoms with E-state index in [1.165, 1.54) is 4.70 Å². The summed E-state index contributed by atoms with van der Waals surface area (Å²) in [5, 5.41) is 1.07. The fraction of sp³-hybridized carbons (Fsp3) is 0.360. The zero-order valence-electron chi connectivity index (χ0n) is 18.2. The summed E-state index contributed by atoms with van der Waals surface area (Å²) in [7, 11) is 5.16. The minimum absolute atomic E-state index is 0.0686. The molecule has 1 heterocycles. The Bertz CT molecular complexity index is 1060. The number of carbonyl (C=O) groups excluding carboxylic acids is 1. The van der Waals surface area contributed by atoms with E-state index >= 15 is 0 Å². The van der Waals surface area contributed by atoms with Crippen molar-refractivity contribution in [3.63, 3.8) is 0 Å². The Morgan fingerprint density at radius 3 is 2.65 bits per heavy atom. The lowest BCUT2D eigenvalue weighted by molar-refractivity contribution is -0.135. The summed E-state index contributed by atoms with van der Waals surface area (Å²) in [5.41, 5.74) is 2.13. The average Bonchev–Trinajstić information content (AvgIpc) is 3.26. The van der Waals surface area contributed by atoms with E-state index in [0.29, 0.717) is 18.0 Å². The van der Waals surface area contributed by atoms with E-state index in [-0.39, 0.29) is 17.7 Å². The Balaban J connectivity index is 1.46. The molecule has 1 aliphatic carbocycles. The molecule has 0 aliphatic heterocycles. The highest BCUT2D eigenvalue weighted by Gasteiger charge is 2.33. The van der Waals surface area contributed by atoms with Gasteiger partial charge in [-0.2, -0.15) is 0 Å². The fourth-order valence-corrected chi connectivity index (χ4v) is 5.28. The summed E-state index contributed by atoms with van der Waals surface area (Å²) >= 11 is 1.71. The van der Waals surface area contributed by atoms with Crippen LogP contribution in [0.5, 0.6) is 11.5 Å². The number of nitrogens with zero attached hydrogens (tertiary/aromatic N) is 2. The molecule has 2 atom stereocenters. The van der Waals surface area contributed by atoms with Gasteiger partial charge in [0.15, 0.2) is 11.5 Å². The van der Waals surface area contributed by atoms with Crippen molar-refractivity contribution < 1.29 is 14.3 Å². The van der Waals surface area contributed by atoms with Gasteiger partial charge in [0.05, 0.1) is 35.4 Å². The van der Waals surface area contributed by atoms with Crippen LogP contribution >= 0.6 is 11.3 Å². The van der Waals surface area contributed by atoms with Crippen molar-refractivity contribution in [1.29, 1.82) is 0 Å². The van der Waals surface area contributed by atoms with E-state index in [9.17, 15) is 4.79 Å². The fourth-order valence-electron chi connectivity index (χ4n) is 4.13. The summed E-state index contributed by atoms with van der Waals surface area (Å²) in [5.74, 6) is 1.68. The highest BCUT2D eigenvalue weighted by atomic mass is 32.1. The Labute approximate surface area is 187 Å². The Hall–Kier alpha value is -2.86. The molecule has 1 aromatic heterocycles. The largest absolute Gasteiger partial charge is 0.493 e. The number of allylic oxidation sites excluding steroid dienone is 2. The molecule has 0 saturated carbocycles. The summed E-state index contributed by atoms with van der Waals surface area (Å²) in [6, 6.07) is 14.1. The van der Waals surface area contributed by atoms with Gasteiger partial charge in [0, 0.05) is 19.5 Å². The monoisotopic (exact) mass is 436 g/mol. The zero-order chi connectivity index (χ0) is 21.8. The van der Waals surface area contributed by atoms with E-state index in [2.05, 4.69) is 18.2 Å². The van der Waals surface area contributed by atoms with Gasteiger partial charge in [-0.25, -0.2) is 4.98 Å². The van der Waals surface area contributed by atoms with Gasteiger partial charge in [0.1, 0.15) is 0 Å². The smallest absolute Gasteiger partial charge is 0.226 e. The van der Waals surface area contributed by atoms with Gasteiger partial charge >= 0.3 is 0 Å². The molecular formula is C25H28N2O3S. The zero-order valence-corrected chi connectivity index (χ0v) is 19.0. The molecule has 1 amide bonds. The van der Waals surface area contributed by atoms with E-state index in [1.54, 1.807) is 25.6 Å². The number of rotatable bonds is 7. The SMILES string of the molecule is COc1ccc(CCN(C)C(=O)[C@@H]2CC=CC[C@@H]2c2nc3ccccc3s2)cc1OC. The number of amides is 1. The number of ether oxygens (including phenoxy) is 2. The van der Waals surface area contributed by atoms with Crippen LogP contribution in [0, 0.1) is 5.92 Å². The third-order valence-corrected chi connectivity index (χ3v) is 7.11. The number of benzene rings is 2. The number of hydrogen-bond acceptors (Lipinski definition) is 5. The van der Waals surface area contributed by atoms with E-state index in [1.807, 2.05) is 48.3 Å². The van der Waals surface area contributed by atoms with Gasteiger partial charge in [-0.15, -0.1) is 11.3 Å². The first-order valence-corrected chi connectivity index (χ1v) is 11.4. The third-order valence-electron chi connectivity index (χ3n) is 5.94. The molecule has 0 saturated heterocycles. The first-order valence-electron chi connectivity index (χ1n) is 10.6. The summed E-state index contributed by atoms with van der Waals surface area (Å²) in [6.07, 6.45) is 6.70. The van der Waals surface area contributed by atoms with Crippen LogP contribution < -0.4 is 9.47 Å². The van der Waals surface area contributed by atoms with Gasteiger partial charge in [0.2, 0.25) is 5.91 Å². The highest BCUT2D eigenvalue weighted by Crippen LogP contribution is 2.39. The van der Waals surface area contributed by atoms with Crippen LogP contribution in [0.15, 0.2) is 54.6 Å². The molecule has 2 aromatic carbocycles. The lowest BCUT2D eigenvalue weighted by atomic mass is 9.82. The minimum Gasteiger partial charge on any atom is -0.493 e. The van der Waals surface area contributed by atoms with Gasteiger partial charge in [0.25, 0.3) is 0 Å². The molecule has 0 fully saturated rings. The number of hydrogen-bond donors (Lipinski definition) is 0. The van der Waals surface area contributed by atoms with Crippen LogP contribution in [0.1, 0.15) is 29.3 Å². The van der Waals surface area contributed by atoms with Crippen molar-refractivity contribution >= 4 is 27.5 Å². The predicted octanol–water partition coefficient (Wildman–Crippen LogP) is 5.06. The maximum absolute atomic E-state index is 13.4. The van der Waals surface area contributed by atoms with Crippen LogP contribution in [0.2, 0.25) is 0 Å². The average molecular weight is 437 g/mol. The molecule has 1 aliphatic rings. The first-order chi connectivity index (χ1) is 15.1. The summed E-state index contributed by atoms with van der Waals surface area (Å²) in [4.78, 5) is 20.1.